The number of hydrogen-bond donors (Lipinski definition) is 2. The van der Waals surface area contributed by atoms with E-state index in [-0.39, 0.29) is 0 Å². The van der Waals surface area contributed by atoms with Gasteiger partial charge >= 0.3 is 0 Å². The minimum Gasteiger partial charge on any atom is -0.356 e. The van der Waals surface area contributed by atoms with E-state index in [1.807, 2.05) is 17.8 Å². The highest BCUT2D eigenvalue weighted by molar-refractivity contribution is 5.80. The van der Waals surface area contributed by atoms with Gasteiger partial charge in [0.05, 0.1) is 18.6 Å². The molecule has 1 aliphatic rings. The van der Waals surface area contributed by atoms with Crippen molar-refractivity contribution in [3.63, 3.8) is 0 Å². The van der Waals surface area contributed by atoms with Crippen molar-refractivity contribution in [1.29, 1.82) is 0 Å². The maximum atomic E-state index is 4.32. The fourth-order valence-corrected chi connectivity index (χ4v) is 1.38. The van der Waals surface area contributed by atoms with Crippen LogP contribution in [0.5, 0.6) is 0 Å². The second-order valence-electron chi connectivity index (χ2n) is 3.36. The molecule has 14 heavy (non-hydrogen) atoms. The fourth-order valence-electron chi connectivity index (χ4n) is 1.38. The third-order valence-corrected chi connectivity index (χ3v) is 2.25. The molecule has 5 nitrogen and oxygen atoms in total. The molecular weight excluding hydrogens is 178 g/mol. The maximum Gasteiger partial charge on any atom is 0.191 e. The van der Waals surface area contributed by atoms with E-state index >= 15 is 0 Å². The van der Waals surface area contributed by atoms with Gasteiger partial charge < -0.3 is 15.2 Å². The van der Waals surface area contributed by atoms with E-state index in [1.54, 1.807) is 6.33 Å². The lowest BCUT2D eigenvalue weighted by atomic mass is 10.4. The Hall–Kier alpha value is -1.52. The van der Waals surface area contributed by atoms with E-state index in [0.717, 1.165) is 37.7 Å². The van der Waals surface area contributed by atoms with Crippen molar-refractivity contribution in [2.75, 3.05) is 13.1 Å². The van der Waals surface area contributed by atoms with Gasteiger partial charge in [0.25, 0.3) is 0 Å². The summed E-state index contributed by atoms with van der Waals surface area (Å²) in [6, 6.07) is 0. The van der Waals surface area contributed by atoms with Gasteiger partial charge in [0, 0.05) is 26.3 Å². The number of hydrogen-bond acceptors (Lipinski definition) is 4. The van der Waals surface area contributed by atoms with Gasteiger partial charge in [-0.2, -0.15) is 0 Å². The molecule has 0 unspecified atom stereocenters. The Bertz CT molecular complexity index is 328. The van der Waals surface area contributed by atoms with E-state index < -0.39 is 0 Å². The SMILES string of the molecule is Cn1cncc1CNC1=NCCCN1. The summed E-state index contributed by atoms with van der Waals surface area (Å²) in [7, 11) is 1.99. The zero-order valence-corrected chi connectivity index (χ0v) is 8.32. The largest absolute Gasteiger partial charge is 0.356 e. The Labute approximate surface area is 83.2 Å². The molecule has 0 amide bonds. The summed E-state index contributed by atoms with van der Waals surface area (Å²) in [5.74, 6) is 0.900. The van der Waals surface area contributed by atoms with Crippen LogP contribution in [-0.2, 0) is 13.6 Å². The van der Waals surface area contributed by atoms with E-state index in [2.05, 4.69) is 20.6 Å². The Morgan fingerprint density at radius 2 is 2.57 bits per heavy atom. The number of imidazole rings is 1. The number of nitrogens with zero attached hydrogens (tertiary/aromatic N) is 3. The number of aliphatic imine (C=N–C) groups is 1. The first kappa shape index (κ1) is 9.05. The van der Waals surface area contributed by atoms with E-state index in [4.69, 9.17) is 0 Å². The van der Waals surface area contributed by atoms with Gasteiger partial charge in [-0.25, -0.2) is 4.98 Å². The number of aromatic nitrogens is 2. The van der Waals surface area contributed by atoms with Crippen LogP contribution in [0.15, 0.2) is 17.5 Å². The van der Waals surface area contributed by atoms with Crippen molar-refractivity contribution in [2.24, 2.45) is 12.0 Å². The Kier molecular flexibility index (Phi) is 2.67. The van der Waals surface area contributed by atoms with Crippen molar-refractivity contribution >= 4 is 5.96 Å². The number of guanidine groups is 1. The van der Waals surface area contributed by atoms with Gasteiger partial charge in [-0.05, 0) is 6.42 Å². The van der Waals surface area contributed by atoms with Crippen LogP contribution in [0.3, 0.4) is 0 Å². The van der Waals surface area contributed by atoms with Crippen LogP contribution in [-0.4, -0.2) is 28.6 Å². The van der Waals surface area contributed by atoms with Crippen LogP contribution in [0.1, 0.15) is 12.1 Å². The summed E-state index contributed by atoms with van der Waals surface area (Å²) in [5.41, 5.74) is 1.15. The van der Waals surface area contributed by atoms with Gasteiger partial charge in [0.15, 0.2) is 5.96 Å². The molecule has 0 saturated heterocycles. The summed E-state index contributed by atoms with van der Waals surface area (Å²) in [6.07, 6.45) is 4.78. The summed E-state index contributed by atoms with van der Waals surface area (Å²) < 4.78 is 2.00. The zero-order valence-electron chi connectivity index (χ0n) is 8.32. The van der Waals surface area contributed by atoms with Gasteiger partial charge in [0.1, 0.15) is 0 Å². The lowest BCUT2D eigenvalue weighted by Crippen LogP contribution is -2.40. The Morgan fingerprint density at radius 3 is 3.21 bits per heavy atom. The quantitative estimate of drug-likeness (QED) is 0.687. The molecule has 5 heteroatoms. The fraction of sp³-hybridized carbons (Fsp3) is 0.556. The first-order valence-corrected chi connectivity index (χ1v) is 4.83. The molecule has 76 valence electrons. The van der Waals surface area contributed by atoms with Crippen LogP contribution in [0.4, 0.5) is 0 Å². The molecule has 0 fully saturated rings. The van der Waals surface area contributed by atoms with Crippen molar-refractivity contribution in [3.8, 4) is 0 Å². The molecule has 0 bridgehead atoms. The average Bonchev–Trinajstić information content (AvgIpc) is 2.63. The van der Waals surface area contributed by atoms with Crippen LogP contribution in [0.25, 0.3) is 0 Å². The molecule has 2 heterocycles. The van der Waals surface area contributed by atoms with Gasteiger partial charge in [0.2, 0.25) is 0 Å². The predicted molar refractivity (Wildman–Crippen MR) is 55.0 cm³/mol. The van der Waals surface area contributed by atoms with Crippen molar-refractivity contribution < 1.29 is 0 Å². The zero-order chi connectivity index (χ0) is 9.80. The normalized spacial score (nSPS) is 15.9. The summed E-state index contributed by atoms with van der Waals surface area (Å²) in [6.45, 7) is 2.69. The molecule has 0 atom stereocenters. The first-order valence-electron chi connectivity index (χ1n) is 4.83. The molecule has 1 aromatic rings. The number of nitrogens with one attached hydrogen (secondary N) is 2. The minimum atomic E-state index is 0.766. The summed E-state index contributed by atoms with van der Waals surface area (Å²) in [5, 5.41) is 6.45. The molecule has 0 spiro atoms. The van der Waals surface area contributed by atoms with Gasteiger partial charge in [-0.1, -0.05) is 0 Å². The smallest absolute Gasteiger partial charge is 0.191 e. The molecule has 0 saturated carbocycles. The molecule has 1 aromatic heterocycles. The van der Waals surface area contributed by atoms with Gasteiger partial charge in [-0.15, -0.1) is 0 Å². The highest BCUT2D eigenvalue weighted by Crippen LogP contribution is 1.95. The Balaban J connectivity index is 1.88. The number of aryl methyl sites for hydroxylation is 1. The topological polar surface area (TPSA) is 54.2 Å². The predicted octanol–water partition coefficient (Wildman–Crippen LogP) is -0.141. The van der Waals surface area contributed by atoms with Crippen LogP contribution in [0.2, 0.25) is 0 Å². The third kappa shape index (κ3) is 2.04. The van der Waals surface area contributed by atoms with Crippen molar-refractivity contribution in [1.82, 2.24) is 20.2 Å². The first-order chi connectivity index (χ1) is 6.86. The van der Waals surface area contributed by atoms with Gasteiger partial charge in [-0.3, -0.25) is 4.99 Å². The molecular formula is C9H15N5. The lowest BCUT2D eigenvalue weighted by Gasteiger charge is -2.15. The standard InChI is InChI=1S/C9H15N5/c1-14-7-10-5-8(14)6-13-9-11-3-2-4-12-9/h5,7H,2-4,6H2,1H3,(H2,11,12,13). The molecule has 0 aliphatic carbocycles. The highest BCUT2D eigenvalue weighted by atomic mass is 15.2. The highest BCUT2D eigenvalue weighted by Gasteiger charge is 2.04. The molecule has 0 aromatic carbocycles. The third-order valence-electron chi connectivity index (χ3n) is 2.25. The molecule has 2 rings (SSSR count). The lowest BCUT2D eigenvalue weighted by molar-refractivity contribution is 0.689. The van der Waals surface area contributed by atoms with E-state index in [0.29, 0.717) is 0 Å². The average molecular weight is 193 g/mol. The van der Waals surface area contributed by atoms with Crippen LogP contribution < -0.4 is 10.6 Å². The summed E-state index contributed by atoms with van der Waals surface area (Å²) in [4.78, 5) is 8.37. The number of rotatable bonds is 2. The van der Waals surface area contributed by atoms with Crippen LogP contribution >= 0.6 is 0 Å². The molecule has 2 N–H and O–H groups in total. The monoisotopic (exact) mass is 193 g/mol. The van der Waals surface area contributed by atoms with Crippen molar-refractivity contribution in [3.05, 3.63) is 18.2 Å². The van der Waals surface area contributed by atoms with E-state index in [1.165, 1.54) is 0 Å². The second kappa shape index (κ2) is 4.13. The van der Waals surface area contributed by atoms with Crippen LogP contribution in [0, 0.1) is 0 Å². The Morgan fingerprint density at radius 1 is 1.64 bits per heavy atom. The second-order valence-corrected chi connectivity index (χ2v) is 3.36. The van der Waals surface area contributed by atoms with E-state index in [9.17, 15) is 0 Å². The summed E-state index contributed by atoms with van der Waals surface area (Å²) >= 11 is 0. The minimum absolute atomic E-state index is 0.766. The molecule has 0 radical (unpaired) electrons. The maximum absolute atomic E-state index is 4.32. The van der Waals surface area contributed by atoms with Crippen molar-refractivity contribution in [2.45, 2.75) is 13.0 Å². The molecule has 1 aliphatic heterocycles.